The van der Waals surface area contributed by atoms with Crippen molar-refractivity contribution in [3.05, 3.63) is 65.5 Å². The Hall–Kier alpha value is -2.74. The Labute approximate surface area is 181 Å². The topological polar surface area (TPSA) is 57.7 Å². The molecule has 0 aliphatic carbocycles. The second-order valence-electron chi connectivity index (χ2n) is 7.35. The van der Waals surface area contributed by atoms with Gasteiger partial charge in [0.25, 0.3) is 0 Å². The minimum atomic E-state index is -0.0119. The number of thiazole rings is 1. The highest BCUT2D eigenvalue weighted by atomic mass is 32.1. The van der Waals surface area contributed by atoms with Gasteiger partial charge in [0.2, 0.25) is 5.91 Å². The number of rotatable bonds is 7. The summed E-state index contributed by atoms with van der Waals surface area (Å²) in [6.07, 6.45) is 0. The predicted molar refractivity (Wildman–Crippen MR) is 121 cm³/mol. The van der Waals surface area contributed by atoms with Crippen LogP contribution in [-0.4, -0.2) is 60.5 Å². The van der Waals surface area contributed by atoms with Gasteiger partial charge in [0.15, 0.2) is 5.13 Å². The summed E-state index contributed by atoms with van der Waals surface area (Å²) in [7, 11) is 1.65. The molecular weight excluding hydrogens is 396 g/mol. The molecule has 4 rings (SSSR count). The number of nitrogens with zero attached hydrogens (tertiary/aromatic N) is 3. The summed E-state index contributed by atoms with van der Waals surface area (Å²) in [6.45, 7) is 5.11. The van der Waals surface area contributed by atoms with Gasteiger partial charge in [-0.25, -0.2) is 4.98 Å². The van der Waals surface area contributed by atoms with Crippen LogP contribution in [0.5, 0.6) is 5.75 Å². The van der Waals surface area contributed by atoms with E-state index < -0.39 is 0 Å². The Morgan fingerprint density at radius 3 is 2.43 bits per heavy atom. The molecule has 2 aromatic carbocycles. The van der Waals surface area contributed by atoms with E-state index in [1.807, 2.05) is 35.7 Å². The number of benzene rings is 2. The normalized spacial score (nSPS) is 15.1. The molecule has 0 radical (unpaired) electrons. The summed E-state index contributed by atoms with van der Waals surface area (Å²) in [5, 5.41) is 5.53. The van der Waals surface area contributed by atoms with Crippen LogP contribution in [0.1, 0.15) is 5.56 Å². The van der Waals surface area contributed by atoms with Gasteiger partial charge >= 0.3 is 0 Å². The number of nitrogens with one attached hydrogen (secondary N) is 1. The molecule has 1 aromatic heterocycles. The highest BCUT2D eigenvalue weighted by Gasteiger charge is 2.19. The molecule has 0 spiro atoms. The van der Waals surface area contributed by atoms with Crippen LogP contribution in [-0.2, 0) is 11.3 Å². The van der Waals surface area contributed by atoms with Crippen molar-refractivity contribution in [2.75, 3.05) is 45.2 Å². The van der Waals surface area contributed by atoms with Crippen molar-refractivity contribution >= 4 is 22.4 Å². The van der Waals surface area contributed by atoms with Gasteiger partial charge in [-0.15, -0.1) is 11.3 Å². The molecule has 0 atom stereocenters. The van der Waals surface area contributed by atoms with Crippen LogP contribution in [0.2, 0.25) is 0 Å². The third kappa shape index (κ3) is 5.44. The first-order chi connectivity index (χ1) is 14.7. The van der Waals surface area contributed by atoms with Crippen molar-refractivity contribution < 1.29 is 9.53 Å². The lowest BCUT2D eigenvalue weighted by atomic mass is 10.2. The zero-order valence-electron chi connectivity index (χ0n) is 17.1. The molecule has 1 saturated heterocycles. The monoisotopic (exact) mass is 422 g/mol. The van der Waals surface area contributed by atoms with E-state index in [0.717, 1.165) is 49.7 Å². The number of anilines is 1. The summed E-state index contributed by atoms with van der Waals surface area (Å²) < 4.78 is 5.19. The first kappa shape index (κ1) is 20.5. The van der Waals surface area contributed by atoms with Crippen LogP contribution in [0.25, 0.3) is 11.3 Å². The molecule has 2 heterocycles. The molecule has 1 amide bonds. The third-order valence-electron chi connectivity index (χ3n) is 5.22. The summed E-state index contributed by atoms with van der Waals surface area (Å²) in [5.41, 5.74) is 3.19. The molecule has 0 unspecified atom stereocenters. The molecule has 1 aliphatic rings. The van der Waals surface area contributed by atoms with Crippen LogP contribution >= 0.6 is 11.3 Å². The van der Waals surface area contributed by atoms with Gasteiger partial charge < -0.3 is 10.1 Å². The Balaban J connectivity index is 1.24. The van der Waals surface area contributed by atoms with Gasteiger partial charge in [0.1, 0.15) is 5.75 Å². The molecule has 6 nitrogen and oxygen atoms in total. The zero-order valence-corrected chi connectivity index (χ0v) is 17.9. The van der Waals surface area contributed by atoms with E-state index in [2.05, 4.69) is 44.4 Å². The molecule has 7 heteroatoms. The molecule has 3 aromatic rings. The maximum atomic E-state index is 12.5. The minimum absolute atomic E-state index is 0.0119. The fraction of sp³-hybridized carbons (Fsp3) is 0.304. The van der Waals surface area contributed by atoms with Crippen LogP contribution in [0.15, 0.2) is 60.0 Å². The average molecular weight is 423 g/mol. The first-order valence-corrected chi connectivity index (χ1v) is 11.0. The van der Waals surface area contributed by atoms with Crippen molar-refractivity contribution in [2.24, 2.45) is 0 Å². The van der Waals surface area contributed by atoms with Crippen molar-refractivity contribution in [1.82, 2.24) is 14.8 Å². The van der Waals surface area contributed by atoms with Gasteiger partial charge in [-0.1, -0.05) is 30.3 Å². The molecule has 1 aliphatic heterocycles. The SMILES string of the molecule is COc1ccc(-c2csc(NC(=O)CN3CCN(Cc4ccccc4)CC3)n2)cc1. The number of hydrogen-bond acceptors (Lipinski definition) is 6. The molecule has 0 saturated carbocycles. The Morgan fingerprint density at radius 1 is 1.03 bits per heavy atom. The largest absolute Gasteiger partial charge is 0.497 e. The highest BCUT2D eigenvalue weighted by Crippen LogP contribution is 2.26. The van der Waals surface area contributed by atoms with Crippen molar-refractivity contribution in [2.45, 2.75) is 6.54 Å². The Bertz CT molecular complexity index is 951. The Morgan fingerprint density at radius 2 is 1.73 bits per heavy atom. The molecule has 1 fully saturated rings. The molecule has 30 heavy (non-hydrogen) atoms. The maximum absolute atomic E-state index is 12.5. The third-order valence-corrected chi connectivity index (χ3v) is 5.98. The fourth-order valence-electron chi connectivity index (χ4n) is 3.53. The first-order valence-electron chi connectivity index (χ1n) is 10.1. The van der Waals surface area contributed by atoms with E-state index in [0.29, 0.717) is 11.7 Å². The van der Waals surface area contributed by atoms with Crippen LogP contribution in [0.3, 0.4) is 0 Å². The highest BCUT2D eigenvalue weighted by molar-refractivity contribution is 7.14. The number of carbonyl (C=O) groups is 1. The van der Waals surface area contributed by atoms with Gasteiger partial charge in [-0.3, -0.25) is 14.6 Å². The Kier molecular flexibility index (Phi) is 6.74. The zero-order chi connectivity index (χ0) is 20.8. The lowest BCUT2D eigenvalue weighted by molar-refractivity contribution is -0.117. The lowest BCUT2D eigenvalue weighted by Crippen LogP contribution is -2.48. The number of ether oxygens (including phenoxy) is 1. The number of amides is 1. The second kappa shape index (κ2) is 9.84. The van der Waals surface area contributed by atoms with Crippen molar-refractivity contribution in [1.29, 1.82) is 0 Å². The van der Waals surface area contributed by atoms with Gasteiger partial charge in [0, 0.05) is 43.7 Å². The second-order valence-corrected chi connectivity index (χ2v) is 8.21. The van der Waals surface area contributed by atoms with E-state index in [1.54, 1.807) is 7.11 Å². The quantitative estimate of drug-likeness (QED) is 0.631. The predicted octanol–water partition coefficient (Wildman–Crippen LogP) is 3.58. The molecule has 0 bridgehead atoms. The van der Waals surface area contributed by atoms with Crippen LogP contribution in [0, 0.1) is 0 Å². The lowest BCUT2D eigenvalue weighted by Gasteiger charge is -2.34. The summed E-state index contributed by atoms with van der Waals surface area (Å²) >= 11 is 1.45. The smallest absolute Gasteiger partial charge is 0.240 e. The van der Waals surface area contributed by atoms with Crippen molar-refractivity contribution in [3.8, 4) is 17.0 Å². The fourth-order valence-corrected chi connectivity index (χ4v) is 4.27. The minimum Gasteiger partial charge on any atom is -0.497 e. The molecule has 156 valence electrons. The van der Waals surface area contributed by atoms with Crippen molar-refractivity contribution in [3.63, 3.8) is 0 Å². The average Bonchev–Trinajstić information content (AvgIpc) is 3.24. The van der Waals surface area contributed by atoms with Crippen LogP contribution in [0.4, 0.5) is 5.13 Å². The number of piperazine rings is 1. The van der Waals surface area contributed by atoms with Gasteiger partial charge in [-0.2, -0.15) is 0 Å². The van der Waals surface area contributed by atoms with E-state index in [4.69, 9.17) is 4.74 Å². The van der Waals surface area contributed by atoms with Gasteiger partial charge in [-0.05, 0) is 29.8 Å². The summed E-state index contributed by atoms with van der Waals surface area (Å²) in [6, 6.07) is 18.3. The molecular formula is C23H26N4O2S. The standard InChI is InChI=1S/C23H26N4O2S/c1-29-20-9-7-19(8-10-20)21-17-30-23(24-21)25-22(28)16-27-13-11-26(12-14-27)15-18-5-3-2-4-6-18/h2-10,17H,11-16H2,1H3,(H,24,25,28). The van der Waals surface area contributed by atoms with Gasteiger partial charge in [0.05, 0.1) is 19.3 Å². The number of hydrogen-bond donors (Lipinski definition) is 1. The van der Waals surface area contributed by atoms with E-state index >= 15 is 0 Å². The van der Waals surface area contributed by atoms with E-state index in [1.165, 1.54) is 16.9 Å². The van der Waals surface area contributed by atoms with E-state index in [-0.39, 0.29) is 5.91 Å². The summed E-state index contributed by atoms with van der Waals surface area (Å²) in [5.74, 6) is 0.800. The van der Waals surface area contributed by atoms with E-state index in [9.17, 15) is 4.79 Å². The number of methoxy groups -OCH3 is 1. The van der Waals surface area contributed by atoms with Crippen LogP contribution < -0.4 is 10.1 Å². The molecule has 1 N–H and O–H groups in total. The number of carbonyl (C=O) groups excluding carboxylic acids is 1. The maximum Gasteiger partial charge on any atom is 0.240 e. The number of aromatic nitrogens is 1. The summed E-state index contributed by atoms with van der Waals surface area (Å²) in [4.78, 5) is 21.7.